The van der Waals surface area contributed by atoms with Gasteiger partial charge in [-0.15, -0.1) is 0 Å². The molecular formula is C23H28NO2P. The fourth-order valence-corrected chi connectivity index (χ4v) is 5.79. The second kappa shape index (κ2) is 7.40. The number of nitrogens with zero attached hydrogens (tertiary/aromatic N) is 1. The van der Waals surface area contributed by atoms with Gasteiger partial charge < -0.3 is 8.94 Å². The third-order valence-corrected chi connectivity index (χ3v) is 8.31. The van der Waals surface area contributed by atoms with Crippen LogP contribution in [0.2, 0.25) is 0 Å². The van der Waals surface area contributed by atoms with Gasteiger partial charge >= 0.3 is 0 Å². The molecule has 0 aliphatic carbocycles. The van der Waals surface area contributed by atoms with Gasteiger partial charge in [-0.1, -0.05) is 45.0 Å². The maximum atomic E-state index is 6.69. The zero-order valence-corrected chi connectivity index (χ0v) is 17.9. The normalized spacial score (nSPS) is 13.9. The highest BCUT2D eigenvalue weighted by Gasteiger charge is 2.41. The summed E-state index contributed by atoms with van der Waals surface area (Å²) in [6.07, 6.45) is 0. The van der Waals surface area contributed by atoms with Crippen LogP contribution in [-0.4, -0.2) is 5.16 Å². The quantitative estimate of drug-likeness (QED) is 0.450. The van der Waals surface area contributed by atoms with Gasteiger partial charge in [0.15, 0.2) is 5.50 Å². The van der Waals surface area contributed by atoms with Crippen LogP contribution >= 0.6 is 7.28 Å². The van der Waals surface area contributed by atoms with E-state index in [1.54, 1.807) is 0 Å². The lowest BCUT2D eigenvalue weighted by atomic mass is 10.1. The van der Waals surface area contributed by atoms with Crippen molar-refractivity contribution in [2.45, 2.75) is 46.7 Å². The molecule has 1 atom stereocenters. The Kier molecular flexibility index (Phi) is 5.35. The molecule has 1 aromatic heterocycles. The molecule has 3 nitrogen and oxygen atoms in total. The van der Waals surface area contributed by atoms with Crippen molar-refractivity contribution in [1.29, 1.82) is 0 Å². The van der Waals surface area contributed by atoms with Crippen LogP contribution in [0.5, 0.6) is 5.75 Å². The molecule has 3 rings (SSSR count). The molecule has 0 amide bonds. The first-order valence-corrected chi connectivity index (χ1v) is 10.9. The zero-order chi connectivity index (χ0) is 19.7. The van der Waals surface area contributed by atoms with E-state index in [1.165, 1.54) is 11.1 Å². The predicted octanol–water partition coefficient (Wildman–Crippen LogP) is 7.16. The van der Waals surface area contributed by atoms with Crippen molar-refractivity contribution in [3.63, 3.8) is 0 Å². The Morgan fingerprint density at radius 2 is 1.56 bits per heavy atom. The van der Waals surface area contributed by atoms with Crippen molar-refractivity contribution in [1.82, 2.24) is 0 Å². The molecule has 4 heteroatoms. The van der Waals surface area contributed by atoms with Crippen LogP contribution in [0.3, 0.4) is 0 Å². The van der Waals surface area contributed by atoms with Gasteiger partial charge in [0, 0.05) is 5.16 Å². The average Bonchev–Trinajstić information content (AvgIpc) is 3.04. The van der Waals surface area contributed by atoms with E-state index in [4.69, 9.17) is 13.7 Å². The molecule has 0 fully saturated rings. The fraction of sp³-hybridized carbons (Fsp3) is 0.304. The second-order valence-corrected chi connectivity index (χ2v) is 11.2. The summed E-state index contributed by atoms with van der Waals surface area (Å²) in [4.78, 5) is 0. The first kappa shape index (κ1) is 19.5. The monoisotopic (exact) mass is 381 g/mol. The maximum Gasteiger partial charge on any atom is 0.207 e. The number of hydrogen-bond acceptors (Lipinski definition) is 3. The molecule has 0 bridgehead atoms. The number of aryl methyl sites for hydroxylation is 3. The third kappa shape index (κ3) is 4.04. The van der Waals surface area contributed by atoms with E-state index in [1.807, 2.05) is 49.4 Å². The van der Waals surface area contributed by atoms with Crippen molar-refractivity contribution < 1.29 is 8.94 Å². The fourth-order valence-electron chi connectivity index (χ4n) is 2.90. The van der Waals surface area contributed by atoms with Gasteiger partial charge in [-0.25, -0.2) is 4.74 Å². The minimum atomic E-state index is -2.53. The van der Waals surface area contributed by atoms with Crippen LogP contribution in [-0.2, 0) is 0 Å². The van der Waals surface area contributed by atoms with Crippen molar-refractivity contribution in [2.75, 3.05) is 0 Å². The van der Waals surface area contributed by atoms with Crippen LogP contribution in [0.15, 0.2) is 69.8 Å². The van der Waals surface area contributed by atoms with Crippen molar-refractivity contribution in [2.24, 2.45) is 4.74 Å². The molecule has 142 valence electrons. The van der Waals surface area contributed by atoms with Gasteiger partial charge in [0.05, 0.1) is 5.69 Å². The molecule has 0 N–H and O–H groups in total. The number of rotatable bonds is 4. The van der Waals surface area contributed by atoms with Crippen LogP contribution in [0, 0.1) is 20.8 Å². The van der Waals surface area contributed by atoms with Gasteiger partial charge in [0.25, 0.3) is 0 Å². The Labute approximate surface area is 162 Å². The lowest BCUT2D eigenvalue weighted by Crippen LogP contribution is -2.26. The van der Waals surface area contributed by atoms with Crippen LogP contribution in [0.4, 0.5) is 5.69 Å². The summed E-state index contributed by atoms with van der Waals surface area (Å²) in [5.74, 6) is 1.67. The standard InChI is InChI=1S/C23H28NO2P/c1-17-12-14-20(16-18(17)2)24-27(23(4,5)6,22-15-13-19(3)25-22)26-21-10-8-7-9-11-21/h7-16H,1-6H3. The molecule has 0 saturated heterocycles. The summed E-state index contributed by atoms with van der Waals surface area (Å²) in [7, 11) is -2.53. The highest BCUT2D eigenvalue weighted by molar-refractivity contribution is 7.70. The van der Waals surface area contributed by atoms with E-state index in [0.717, 1.165) is 22.7 Å². The highest BCUT2D eigenvalue weighted by Crippen LogP contribution is 2.62. The molecule has 0 radical (unpaired) electrons. The molecule has 3 aromatic rings. The Bertz CT molecular complexity index is 981. The summed E-state index contributed by atoms with van der Waals surface area (Å²) >= 11 is 0. The summed E-state index contributed by atoms with van der Waals surface area (Å²) in [5.41, 5.74) is 4.21. The molecule has 2 aromatic carbocycles. The molecular weight excluding hydrogens is 353 g/mol. The number of benzene rings is 2. The Balaban J connectivity index is 2.28. The number of hydrogen-bond donors (Lipinski definition) is 0. The topological polar surface area (TPSA) is 34.7 Å². The van der Waals surface area contributed by atoms with Crippen LogP contribution < -0.4 is 10.0 Å². The van der Waals surface area contributed by atoms with E-state index < -0.39 is 7.28 Å². The van der Waals surface area contributed by atoms with E-state index in [9.17, 15) is 0 Å². The third-order valence-electron chi connectivity index (χ3n) is 4.66. The lowest BCUT2D eigenvalue weighted by Gasteiger charge is -2.35. The largest absolute Gasteiger partial charge is 0.457 e. The predicted molar refractivity (Wildman–Crippen MR) is 115 cm³/mol. The summed E-state index contributed by atoms with van der Waals surface area (Å²) in [5, 5.41) is -0.244. The first-order valence-electron chi connectivity index (χ1n) is 9.23. The second-order valence-electron chi connectivity index (χ2n) is 7.90. The molecule has 0 saturated carbocycles. The molecule has 0 aliphatic rings. The minimum Gasteiger partial charge on any atom is -0.457 e. The SMILES string of the molecule is Cc1ccc(P(=Nc2ccc(C)c(C)c2)(Oc2ccccc2)C(C)(C)C)o1. The van der Waals surface area contributed by atoms with Gasteiger partial charge in [-0.05, 0) is 68.3 Å². The summed E-state index contributed by atoms with van der Waals surface area (Å²) in [6, 6.07) is 20.2. The minimum absolute atomic E-state index is 0.244. The molecule has 1 unspecified atom stereocenters. The maximum absolute atomic E-state index is 6.69. The van der Waals surface area contributed by atoms with E-state index >= 15 is 0 Å². The average molecular weight is 381 g/mol. The lowest BCUT2D eigenvalue weighted by molar-refractivity contribution is 0.527. The summed E-state index contributed by atoms with van der Waals surface area (Å²) < 4.78 is 18.0. The van der Waals surface area contributed by atoms with E-state index in [2.05, 4.69) is 52.8 Å². The number of para-hydroxylation sites is 1. The van der Waals surface area contributed by atoms with Crippen molar-refractivity contribution in [3.8, 4) is 5.75 Å². The van der Waals surface area contributed by atoms with Gasteiger partial charge in [-0.2, -0.15) is 0 Å². The Morgan fingerprint density at radius 1 is 0.852 bits per heavy atom. The number of furan rings is 1. The van der Waals surface area contributed by atoms with Crippen LogP contribution in [0.1, 0.15) is 37.7 Å². The van der Waals surface area contributed by atoms with E-state index in [0.29, 0.717) is 0 Å². The first-order chi connectivity index (χ1) is 12.7. The van der Waals surface area contributed by atoms with Crippen molar-refractivity contribution >= 4 is 18.5 Å². The smallest absolute Gasteiger partial charge is 0.207 e. The summed E-state index contributed by atoms with van der Waals surface area (Å²) in [6.45, 7) is 12.7. The Morgan fingerprint density at radius 3 is 2.11 bits per heavy atom. The van der Waals surface area contributed by atoms with Gasteiger partial charge in [-0.3, -0.25) is 0 Å². The van der Waals surface area contributed by atoms with E-state index in [-0.39, 0.29) is 5.16 Å². The highest BCUT2D eigenvalue weighted by atomic mass is 31.2. The van der Waals surface area contributed by atoms with Crippen molar-refractivity contribution in [3.05, 3.63) is 77.6 Å². The van der Waals surface area contributed by atoms with Gasteiger partial charge in [0.1, 0.15) is 11.5 Å². The molecule has 0 spiro atoms. The zero-order valence-electron chi connectivity index (χ0n) is 17.0. The molecule has 27 heavy (non-hydrogen) atoms. The molecule has 0 aliphatic heterocycles. The molecule has 1 heterocycles. The Hall–Kier alpha value is -2.25. The van der Waals surface area contributed by atoms with Crippen LogP contribution in [0.25, 0.3) is 0 Å². The van der Waals surface area contributed by atoms with Gasteiger partial charge in [0.2, 0.25) is 7.28 Å².